The molecule has 3 aromatic carbocycles. The van der Waals surface area contributed by atoms with Crippen LogP contribution in [0.25, 0.3) is 0 Å². The van der Waals surface area contributed by atoms with E-state index in [0.29, 0.717) is 24.4 Å². The average Bonchev–Trinajstić information content (AvgIpc) is 2.82. The number of carbonyl (C=O) groups is 1. The molecule has 1 N–H and O–H groups in total. The molecule has 0 radical (unpaired) electrons. The van der Waals surface area contributed by atoms with Crippen molar-refractivity contribution in [3.8, 4) is 11.5 Å². The highest BCUT2D eigenvalue weighted by molar-refractivity contribution is 7.89. The molecule has 32 heavy (non-hydrogen) atoms. The quantitative estimate of drug-likeness (QED) is 0.546. The summed E-state index contributed by atoms with van der Waals surface area (Å²) in [6.07, 6.45) is 2.50. The third-order valence-corrected chi connectivity index (χ3v) is 7.43. The van der Waals surface area contributed by atoms with Crippen LogP contribution < -0.4 is 10.1 Å². The van der Waals surface area contributed by atoms with E-state index in [1.54, 1.807) is 54.6 Å². The Bertz CT molecular complexity index is 1130. The molecule has 1 fully saturated rings. The van der Waals surface area contributed by atoms with Gasteiger partial charge in [-0.15, -0.1) is 0 Å². The lowest BCUT2D eigenvalue weighted by atomic mass is 10.0. The van der Waals surface area contributed by atoms with E-state index in [0.717, 1.165) is 18.6 Å². The van der Waals surface area contributed by atoms with Crippen LogP contribution >= 0.6 is 0 Å². The van der Waals surface area contributed by atoms with E-state index < -0.39 is 10.0 Å². The summed E-state index contributed by atoms with van der Waals surface area (Å²) >= 11 is 0. The number of nitrogens with zero attached hydrogens (tertiary/aromatic N) is 1. The van der Waals surface area contributed by atoms with E-state index in [9.17, 15) is 13.2 Å². The predicted octanol–water partition coefficient (Wildman–Crippen LogP) is 5.05. The number of para-hydroxylation sites is 1. The van der Waals surface area contributed by atoms with Crippen LogP contribution in [-0.4, -0.2) is 31.2 Å². The molecular weight excluding hydrogens is 424 g/mol. The molecule has 3 aromatic rings. The van der Waals surface area contributed by atoms with Gasteiger partial charge in [-0.05, 0) is 61.4 Å². The zero-order chi connectivity index (χ0) is 22.4. The minimum Gasteiger partial charge on any atom is -0.457 e. The zero-order valence-corrected chi connectivity index (χ0v) is 18.5. The van der Waals surface area contributed by atoms with Gasteiger partial charge in [-0.2, -0.15) is 4.31 Å². The van der Waals surface area contributed by atoms with Crippen molar-refractivity contribution in [3.05, 3.63) is 84.9 Å². The molecule has 6 nitrogen and oxygen atoms in total. The second-order valence-electron chi connectivity index (χ2n) is 7.77. The van der Waals surface area contributed by atoms with Crippen molar-refractivity contribution in [2.75, 3.05) is 11.9 Å². The molecule has 7 heteroatoms. The van der Waals surface area contributed by atoms with Gasteiger partial charge in [0.25, 0.3) is 0 Å². The molecule has 0 aromatic heterocycles. The topological polar surface area (TPSA) is 75.7 Å². The van der Waals surface area contributed by atoms with Crippen LogP contribution in [0.2, 0.25) is 0 Å². The van der Waals surface area contributed by atoms with Gasteiger partial charge in [-0.1, -0.05) is 42.8 Å². The molecule has 1 atom stereocenters. The SMILES string of the molecule is O=C(C[C@@H]1CCCCN1S(=O)(=O)c1ccccc1)Nc1ccc(Oc2ccccc2)cc1. The van der Waals surface area contributed by atoms with Crippen molar-refractivity contribution < 1.29 is 17.9 Å². The van der Waals surface area contributed by atoms with Crippen LogP contribution in [0.5, 0.6) is 11.5 Å². The molecular formula is C25H26N2O4S. The third-order valence-electron chi connectivity index (χ3n) is 5.46. The van der Waals surface area contributed by atoms with Crippen molar-refractivity contribution in [1.82, 2.24) is 4.31 Å². The van der Waals surface area contributed by atoms with E-state index in [4.69, 9.17) is 4.74 Å². The predicted molar refractivity (Wildman–Crippen MR) is 124 cm³/mol. The maximum absolute atomic E-state index is 13.1. The first kappa shape index (κ1) is 22.0. The Kier molecular flexibility index (Phi) is 6.87. The standard InChI is InChI=1S/C25H26N2O4S/c28-25(26-20-14-16-23(17-15-20)31-22-10-3-1-4-11-22)19-21-9-7-8-18-27(21)32(29,30)24-12-5-2-6-13-24/h1-6,10-17,21H,7-9,18-19H2,(H,26,28)/t21-/m0/s1. The zero-order valence-electron chi connectivity index (χ0n) is 17.7. The Labute approximate surface area is 188 Å². The van der Waals surface area contributed by atoms with Crippen LogP contribution in [0.4, 0.5) is 5.69 Å². The number of carbonyl (C=O) groups excluding carboxylic acids is 1. The molecule has 4 rings (SSSR count). The van der Waals surface area contributed by atoms with Gasteiger partial charge in [-0.25, -0.2) is 8.42 Å². The molecule has 1 aliphatic heterocycles. The van der Waals surface area contributed by atoms with Crippen molar-refractivity contribution in [2.24, 2.45) is 0 Å². The fraction of sp³-hybridized carbons (Fsp3) is 0.240. The third kappa shape index (κ3) is 5.36. The van der Waals surface area contributed by atoms with Gasteiger partial charge in [0.1, 0.15) is 11.5 Å². The summed E-state index contributed by atoms with van der Waals surface area (Å²) in [5, 5.41) is 2.88. The number of nitrogens with one attached hydrogen (secondary N) is 1. The van der Waals surface area contributed by atoms with Crippen LogP contribution in [0.1, 0.15) is 25.7 Å². The smallest absolute Gasteiger partial charge is 0.243 e. The molecule has 1 saturated heterocycles. The number of piperidine rings is 1. The molecule has 0 saturated carbocycles. The fourth-order valence-corrected chi connectivity index (χ4v) is 5.59. The lowest BCUT2D eigenvalue weighted by molar-refractivity contribution is -0.117. The molecule has 0 spiro atoms. The number of hydrogen-bond donors (Lipinski definition) is 1. The van der Waals surface area contributed by atoms with E-state index in [1.807, 2.05) is 30.3 Å². The first-order valence-corrected chi connectivity index (χ1v) is 12.2. The normalized spacial score (nSPS) is 16.9. The van der Waals surface area contributed by atoms with Gasteiger partial charge >= 0.3 is 0 Å². The van der Waals surface area contributed by atoms with Gasteiger partial charge < -0.3 is 10.1 Å². The molecule has 0 aliphatic carbocycles. The monoisotopic (exact) mass is 450 g/mol. The van der Waals surface area contributed by atoms with Gasteiger partial charge in [0.05, 0.1) is 4.90 Å². The summed E-state index contributed by atoms with van der Waals surface area (Å²) < 4.78 is 33.5. The Morgan fingerprint density at radius 3 is 2.19 bits per heavy atom. The van der Waals surface area contributed by atoms with E-state index in [1.165, 1.54) is 4.31 Å². The van der Waals surface area contributed by atoms with Crippen molar-refractivity contribution in [2.45, 2.75) is 36.6 Å². The Morgan fingerprint density at radius 2 is 1.50 bits per heavy atom. The Morgan fingerprint density at radius 1 is 0.875 bits per heavy atom. The highest BCUT2D eigenvalue weighted by atomic mass is 32.2. The van der Waals surface area contributed by atoms with Crippen molar-refractivity contribution in [3.63, 3.8) is 0 Å². The molecule has 166 valence electrons. The van der Waals surface area contributed by atoms with Crippen LogP contribution in [-0.2, 0) is 14.8 Å². The summed E-state index contributed by atoms with van der Waals surface area (Å²) in [5.74, 6) is 1.20. The number of amides is 1. The van der Waals surface area contributed by atoms with Crippen molar-refractivity contribution >= 4 is 21.6 Å². The minimum atomic E-state index is -3.63. The first-order chi connectivity index (χ1) is 15.5. The summed E-state index contributed by atoms with van der Waals surface area (Å²) in [5.41, 5.74) is 0.642. The first-order valence-electron chi connectivity index (χ1n) is 10.7. The van der Waals surface area contributed by atoms with Gasteiger partial charge in [-0.3, -0.25) is 4.79 Å². The number of anilines is 1. The lowest BCUT2D eigenvalue weighted by Gasteiger charge is -2.34. The van der Waals surface area contributed by atoms with E-state index in [2.05, 4.69) is 5.32 Å². The summed E-state index contributed by atoms with van der Waals surface area (Å²) in [7, 11) is -3.63. The number of hydrogen-bond acceptors (Lipinski definition) is 4. The summed E-state index contributed by atoms with van der Waals surface area (Å²) in [6, 6.07) is 24.6. The number of rotatable bonds is 7. The fourth-order valence-electron chi connectivity index (χ4n) is 3.88. The second kappa shape index (κ2) is 9.97. The van der Waals surface area contributed by atoms with Crippen LogP contribution in [0, 0.1) is 0 Å². The molecule has 1 heterocycles. The molecule has 0 bridgehead atoms. The summed E-state index contributed by atoms with van der Waals surface area (Å²) in [6.45, 7) is 0.431. The van der Waals surface area contributed by atoms with Gasteiger partial charge in [0.15, 0.2) is 0 Å². The molecule has 1 aliphatic rings. The second-order valence-corrected chi connectivity index (χ2v) is 9.66. The highest BCUT2D eigenvalue weighted by Gasteiger charge is 2.34. The molecule has 1 amide bonds. The van der Waals surface area contributed by atoms with Crippen LogP contribution in [0.15, 0.2) is 89.8 Å². The largest absolute Gasteiger partial charge is 0.457 e. The van der Waals surface area contributed by atoms with E-state index in [-0.39, 0.29) is 23.3 Å². The van der Waals surface area contributed by atoms with E-state index >= 15 is 0 Å². The number of benzene rings is 3. The number of sulfonamides is 1. The average molecular weight is 451 g/mol. The van der Waals surface area contributed by atoms with Gasteiger partial charge in [0, 0.05) is 24.7 Å². The maximum Gasteiger partial charge on any atom is 0.243 e. The molecule has 0 unspecified atom stereocenters. The minimum absolute atomic E-state index is 0.119. The number of ether oxygens (including phenoxy) is 1. The lowest BCUT2D eigenvalue weighted by Crippen LogP contribution is -2.45. The van der Waals surface area contributed by atoms with Crippen LogP contribution in [0.3, 0.4) is 0 Å². The maximum atomic E-state index is 13.1. The Hall–Kier alpha value is -3.16. The summed E-state index contributed by atoms with van der Waals surface area (Å²) in [4.78, 5) is 13.0. The van der Waals surface area contributed by atoms with Gasteiger partial charge in [0.2, 0.25) is 15.9 Å². The Balaban J connectivity index is 1.39. The highest BCUT2D eigenvalue weighted by Crippen LogP contribution is 2.28. The van der Waals surface area contributed by atoms with Crippen molar-refractivity contribution in [1.29, 1.82) is 0 Å².